The third-order valence-electron chi connectivity index (χ3n) is 5.40. The number of para-hydroxylation sites is 1. The predicted octanol–water partition coefficient (Wildman–Crippen LogP) is 3.21. The lowest BCUT2D eigenvalue weighted by atomic mass is 9.80. The number of aryl methyl sites for hydroxylation is 1. The maximum atomic E-state index is 12.4. The molecule has 3 heterocycles. The molecule has 0 bridgehead atoms. The number of nitriles is 1. The van der Waals surface area contributed by atoms with Gasteiger partial charge in [0.2, 0.25) is 5.91 Å². The molecule has 2 aliphatic heterocycles. The number of anilines is 2. The van der Waals surface area contributed by atoms with Crippen LogP contribution < -0.4 is 10.2 Å². The number of hydrogen-bond donors (Lipinski definition) is 1. The van der Waals surface area contributed by atoms with Gasteiger partial charge in [-0.05, 0) is 48.9 Å². The second-order valence-corrected chi connectivity index (χ2v) is 6.82. The Labute approximate surface area is 147 Å². The summed E-state index contributed by atoms with van der Waals surface area (Å²) in [5, 5.41) is 12.4. The Morgan fingerprint density at radius 3 is 2.76 bits per heavy atom. The molecule has 5 heteroatoms. The molecule has 1 atom stereocenters. The van der Waals surface area contributed by atoms with Crippen molar-refractivity contribution in [3.8, 4) is 6.07 Å². The molecule has 1 saturated heterocycles. The van der Waals surface area contributed by atoms with E-state index in [1.807, 2.05) is 31.2 Å². The summed E-state index contributed by atoms with van der Waals surface area (Å²) in [4.78, 5) is 19.1. The number of nitrogens with one attached hydrogen (secondary N) is 1. The van der Waals surface area contributed by atoms with Gasteiger partial charge in [-0.25, -0.2) is 4.98 Å². The van der Waals surface area contributed by atoms with Crippen LogP contribution in [0.15, 0.2) is 36.5 Å². The Hall–Kier alpha value is -2.87. The summed E-state index contributed by atoms with van der Waals surface area (Å²) >= 11 is 0. The molecule has 5 nitrogen and oxygen atoms in total. The quantitative estimate of drug-likeness (QED) is 0.917. The molecule has 1 N–H and O–H groups in total. The number of nitrogens with zero attached hydrogens (tertiary/aromatic N) is 3. The smallest absolute Gasteiger partial charge is 0.232 e. The van der Waals surface area contributed by atoms with Crippen molar-refractivity contribution >= 4 is 17.4 Å². The lowest BCUT2D eigenvalue weighted by Crippen LogP contribution is -2.37. The third kappa shape index (κ3) is 2.64. The van der Waals surface area contributed by atoms with Crippen LogP contribution >= 0.6 is 0 Å². The average molecular weight is 332 g/mol. The van der Waals surface area contributed by atoms with E-state index >= 15 is 0 Å². The number of aromatic nitrogens is 1. The summed E-state index contributed by atoms with van der Waals surface area (Å²) in [6, 6.07) is 12.1. The minimum absolute atomic E-state index is 0.0562. The number of carbonyl (C=O) groups is 1. The van der Waals surface area contributed by atoms with E-state index in [0.29, 0.717) is 11.5 Å². The van der Waals surface area contributed by atoms with Crippen molar-refractivity contribution in [2.45, 2.75) is 25.7 Å². The Morgan fingerprint density at radius 2 is 2.00 bits per heavy atom. The molecule has 0 saturated carbocycles. The topological polar surface area (TPSA) is 69.0 Å². The number of benzene rings is 1. The highest BCUT2D eigenvalue weighted by Gasteiger charge is 2.38. The van der Waals surface area contributed by atoms with E-state index in [2.05, 4.69) is 27.3 Å². The van der Waals surface area contributed by atoms with Crippen molar-refractivity contribution in [3.63, 3.8) is 0 Å². The lowest BCUT2D eigenvalue weighted by molar-refractivity contribution is -0.118. The fourth-order valence-electron chi connectivity index (χ4n) is 4.07. The summed E-state index contributed by atoms with van der Waals surface area (Å²) in [5.41, 5.74) is 3.69. The number of hydrogen-bond acceptors (Lipinski definition) is 4. The summed E-state index contributed by atoms with van der Waals surface area (Å²) in [6.45, 7) is 3.58. The standard InChI is InChI=1S/C20H20N4O/c1-13-6-9-22-19(16(13)12-21)24-10-7-14(8-11-24)18-15-4-2-3-5-17(15)23-20(18)25/h2-6,9,14,18H,7-8,10-11H2,1H3,(H,23,25). The van der Waals surface area contributed by atoms with E-state index in [0.717, 1.165) is 48.6 Å². The maximum absolute atomic E-state index is 12.4. The maximum Gasteiger partial charge on any atom is 0.232 e. The van der Waals surface area contributed by atoms with Gasteiger partial charge in [-0.1, -0.05) is 18.2 Å². The highest BCUT2D eigenvalue weighted by molar-refractivity contribution is 6.03. The average Bonchev–Trinajstić information content (AvgIpc) is 2.97. The molecule has 1 amide bonds. The van der Waals surface area contributed by atoms with E-state index in [-0.39, 0.29) is 11.8 Å². The number of pyridine rings is 1. The minimum Gasteiger partial charge on any atom is -0.355 e. The van der Waals surface area contributed by atoms with Crippen LogP contribution in [-0.2, 0) is 4.79 Å². The Kier molecular flexibility index (Phi) is 3.89. The molecule has 1 unspecified atom stereocenters. The van der Waals surface area contributed by atoms with Crippen molar-refractivity contribution in [2.24, 2.45) is 5.92 Å². The van der Waals surface area contributed by atoms with E-state index in [4.69, 9.17) is 0 Å². The molecule has 0 radical (unpaired) electrons. The van der Waals surface area contributed by atoms with Gasteiger partial charge in [-0.15, -0.1) is 0 Å². The number of amides is 1. The second-order valence-electron chi connectivity index (χ2n) is 6.82. The van der Waals surface area contributed by atoms with Gasteiger partial charge in [0, 0.05) is 25.0 Å². The molecule has 1 fully saturated rings. The van der Waals surface area contributed by atoms with Crippen molar-refractivity contribution < 1.29 is 4.79 Å². The van der Waals surface area contributed by atoms with Gasteiger partial charge in [-0.3, -0.25) is 4.79 Å². The second kappa shape index (κ2) is 6.21. The highest BCUT2D eigenvalue weighted by atomic mass is 16.2. The normalized spacial score (nSPS) is 20.1. The molecular formula is C20H20N4O. The van der Waals surface area contributed by atoms with E-state index in [1.165, 1.54) is 0 Å². The van der Waals surface area contributed by atoms with Gasteiger partial charge in [0.15, 0.2) is 0 Å². The first-order chi connectivity index (χ1) is 12.2. The molecule has 4 rings (SSSR count). The number of piperidine rings is 1. The molecule has 2 aromatic rings. The highest BCUT2D eigenvalue weighted by Crippen LogP contribution is 2.41. The van der Waals surface area contributed by atoms with Crippen molar-refractivity contribution in [1.29, 1.82) is 5.26 Å². The van der Waals surface area contributed by atoms with E-state index < -0.39 is 0 Å². The summed E-state index contributed by atoms with van der Waals surface area (Å²) < 4.78 is 0. The first kappa shape index (κ1) is 15.6. The molecule has 1 aromatic carbocycles. The zero-order valence-corrected chi connectivity index (χ0v) is 14.2. The molecule has 0 aliphatic carbocycles. The summed E-state index contributed by atoms with van der Waals surface area (Å²) in [6.07, 6.45) is 3.61. The number of rotatable bonds is 2. The van der Waals surface area contributed by atoms with Gasteiger partial charge in [-0.2, -0.15) is 5.26 Å². The first-order valence-corrected chi connectivity index (χ1v) is 8.69. The van der Waals surface area contributed by atoms with E-state index in [1.54, 1.807) is 6.20 Å². The molecule has 1 aromatic heterocycles. The van der Waals surface area contributed by atoms with Crippen molar-refractivity contribution in [1.82, 2.24) is 4.98 Å². The number of carbonyl (C=O) groups excluding carboxylic acids is 1. The zero-order chi connectivity index (χ0) is 17.4. The third-order valence-corrected chi connectivity index (χ3v) is 5.40. The fraction of sp³-hybridized carbons (Fsp3) is 0.350. The fourth-order valence-corrected chi connectivity index (χ4v) is 4.07. The number of fused-ring (bicyclic) bond motifs is 1. The van der Waals surface area contributed by atoms with Crippen molar-refractivity contribution in [3.05, 3.63) is 53.2 Å². The van der Waals surface area contributed by atoms with Crippen LogP contribution in [0.4, 0.5) is 11.5 Å². The van der Waals surface area contributed by atoms with Crippen LogP contribution in [-0.4, -0.2) is 24.0 Å². The van der Waals surface area contributed by atoms with Crippen LogP contribution in [0.25, 0.3) is 0 Å². The Balaban J connectivity index is 1.52. The van der Waals surface area contributed by atoms with Crippen molar-refractivity contribution in [2.75, 3.05) is 23.3 Å². The first-order valence-electron chi connectivity index (χ1n) is 8.69. The van der Waals surface area contributed by atoms with Gasteiger partial charge < -0.3 is 10.2 Å². The largest absolute Gasteiger partial charge is 0.355 e. The van der Waals surface area contributed by atoms with Crippen LogP contribution in [0.1, 0.15) is 35.4 Å². The van der Waals surface area contributed by atoms with Gasteiger partial charge >= 0.3 is 0 Å². The molecule has 0 spiro atoms. The minimum atomic E-state index is -0.0562. The molecular weight excluding hydrogens is 312 g/mol. The van der Waals surface area contributed by atoms with Gasteiger partial charge in [0.25, 0.3) is 0 Å². The molecule has 126 valence electrons. The van der Waals surface area contributed by atoms with Crippen LogP contribution in [0.3, 0.4) is 0 Å². The van der Waals surface area contributed by atoms with Gasteiger partial charge in [0.05, 0.1) is 11.5 Å². The Morgan fingerprint density at radius 1 is 1.24 bits per heavy atom. The summed E-state index contributed by atoms with van der Waals surface area (Å²) in [7, 11) is 0. The Bertz CT molecular complexity index is 862. The molecule has 25 heavy (non-hydrogen) atoms. The van der Waals surface area contributed by atoms with Crippen LogP contribution in [0.2, 0.25) is 0 Å². The van der Waals surface area contributed by atoms with Gasteiger partial charge in [0.1, 0.15) is 11.9 Å². The monoisotopic (exact) mass is 332 g/mol. The zero-order valence-electron chi connectivity index (χ0n) is 14.2. The van der Waals surface area contributed by atoms with E-state index in [9.17, 15) is 10.1 Å². The SMILES string of the molecule is Cc1ccnc(N2CCC(C3C(=O)Nc4ccccc43)CC2)c1C#N. The van der Waals surface area contributed by atoms with Crippen LogP contribution in [0.5, 0.6) is 0 Å². The van der Waals surface area contributed by atoms with Crippen LogP contribution in [0, 0.1) is 24.2 Å². The predicted molar refractivity (Wildman–Crippen MR) is 96.4 cm³/mol. The molecule has 2 aliphatic rings. The lowest BCUT2D eigenvalue weighted by Gasteiger charge is -2.35. The summed E-state index contributed by atoms with van der Waals surface area (Å²) in [5.74, 6) is 1.16.